The summed E-state index contributed by atoms with van der Waals surface area (Å²) in [6.07, 6.45) is 2.06. The highest BCUT2D eigenvalue weighted by Crippen LogP contribution is 2.07. The monoisotopic (exact) mass is 253 g/mol. The largest absolute Gasteiger partial charge is 0.306 e. The van der Waals surface area contributed by atoms with Gasteiger partial charge in [-0.3, -0.25) is 5.01 Å². The minimum absolute atomic E-state index is 0.839. The van der Waals surface area contributed by atoms with Gasteiger partial charge in [-0.05, 0) is 5.56 Å². The number of nitrogens with zero attached hydrogens (tertiary/aromatic N) is 1. The van der Waals surface area contributed by atoms with Gasteiger partial charge in [-0.1, -0.05) is 46.3 Å². The van der Waals surface area contributed by atoms with Crippen LogP contribution in [0.5, 0.6) is 0 Å². The van der Waals surface area contributed by atoms with Crippen molar-refractivity contribution in [3.05, 3.63) is 47.8 Å². The Morgan fingerprint density at radius 2 is 2.00 bits per heavy atom. The fourth-order valence-electron chi connectivity index (χ4n) is 1.33. The van der Waals surface area contributed by atoms with E-state index < -0.39 is 0 Å². The summed E-state index contributed by atoms with van der Waals surface area (Å²) >= 11 is 3.39. The first-order valence-corrected chi connectivity index (χ1v) is 5.59. The third kappa shape index (κ3) is 2.27. The summed E-state index contributed by atoms with van der Waals surface area (Å²) < 4.78 is 0. The molecule has 14 heavy (non-hydrogen) atoms. The maximum absolute atomic E-state index is 3.39. The number of hydrazine groups is 2. The lowest BCUT2D eigenvalue weighted by Gasteiger charge is -2.14. The van der Waals surface area contributed by atoms with E-state index in [2.05, 4.69) is 45.2 Å². The van der Waals surface area contributed by atoms with Crippen LogP contribution < -0.4 is 11.0 Å². The van der Waals surface area contributed by atoms with Crippen LogP contribution in [0.25, 0.3) is 0 Å². The van der Waals surface area contributed by atoms with Gasteiger partial charge in [0.05, 0.1) is 12.2 Å². The third-order valence-electron chi connectivity index (χ3n) is 2.01. The summed E-state index contributed by atoms with van der Waals surface area (Å²) in [6.45, 7) is 0.865. The van der Waals surface area contributed by atoms with E-state index in [1.54, 1.807) is 0 Å². The van der Waals surface area contributed by atoms with Crippen molar-refractivity contribution >= 4 is 15.9 Å². The molecule has 2 rings (SSSR count). The molecule has 0 unspecified atom stereocenters. The average molecular weight is 254 g/mol. The average Bonchev–Trinajstić information content (AvgIpc) is 2.67. The molecule has 0 radical (unpaired) electrons. The van der Waals surface area contributed by atoms with Crippen molar-refractivity contribution < 1.29 is 0 Å². The van der Waals surface area contributed by atoms with Crippen molar-refractivity contribution in [3.8, 4) is 0 Å². The second kappa shape index (κ2) is 4.48. The molecule has 0 atom stereocenters. The highest BCUT2D eigenvalue weighted by atomic mass is 79.9. The number of hydrogen-bond acceptors (Lipinski definition) is 3. The van der Waals surface area contributed by atoms with E-state index in [-0.39, 0.29) is 0 Å². The predicted molar refractivity (Wildman–Crippen MR) is 60.1 cm³/mol. The van der Waals surface area contributed by atoms with Gasteiger partial charge in [0.25, 0.3) is 0 Å². The highest BCUT2D eigenvalue weighted by molar-refractivity contribution is 9.09. The standard InChI is InChI=1S/C10H12BrN3/c11-6-10-8-14(13-12-10)7-9-4-2-1-3-5-9/h1-5,8,12-13H,6-7H2. The molecule has 2 N–H and O–H groups in total. The summed E-state index contributed by atoms with van der Waals surface area (Å²) in [7, 11) is 0. The van der Waals surface area contributed by atoms with Crippen LogP contribution >= 0.6 is 15.9 Å². The molecule has 1 heterocycles. The Kier molecular flexibility index (Phi) is 3.06. The van der Waals surface area contributed by atoms with Crippen LogP contribution in [0.3, 0.4) is 0 Å². The lowest BCUT2D eigenvalue weighted by Crippen LogP contribution is -2.36. The summed E-state index contributed by atoms with van der Waals surface area (Å²) in [4.78, 5) is 0. The van der Waals surface area contributed by atoms with E-state index in [9.17, 15) is 0 Å². The van der Waals surface area contributed by atoms with E-state index in [0.717, 1.165) is 17.6 Å². The lowest BCUT2D eigenvalue weighted by molar-refractivity contribution is 0.263. The van der Waals surface area contributed by atoms with Crippen LogP contribution in [0.15, 0.2) is 42.2 Å². The molecule has 0 saturated carbocycles. The van der Waals surface area contributed by atoms with Gasteiger partial charge in [-0.25, -0.2) is 0 Å². The minimum atomic E-state index is 0.839. The molecule has 1 aromatic carbocycles. The zero-order chi connectivity index (χ0) is 9.80. The van der Waals surface area contributed by atoms with Crippen molar-refractivity contribution in [1.29, 1.82) is 0 Å². The van der Waals surface area contributed by atoms with E-state index in [1.165, 1.54) is 5.56 Å². The fourth-order valence-corrected chi connectivity index (χ4v) is 1.61. The fraction of sp³-hybridized carbons (Fsp3) is 0.200. The predicted octanol–water partition coefficient (Wildman–Crippen LogP) is 1.75. The molecular formula is C10H12BrN3. The van der Waals surface area contributed by atoms with Crippen LogP contribution in [0.1, 0.15) is 5.56 Å². The van der Waals surface area contributed by atoms with Crippen molar-refractivity contribution in [3.63, 3.8) is 0 Å². The molecule has 74 valence electrons. The molecule has 1 aromatic rings. The quantitative estimate of drug-likeness (QED) is 0.805. The minimum Gasteiger partial charge on any atom is -0.306 e. The van der Waals surface area contributed by atoms with Gasteiger partial charge in [-0.15, -0.1) is 5.53 Å². The molecule has 0 amide bonds. The number of rotatable bonds is 3. The highest BCUT2D eigenvalue weighted by Gasteiger charge is 2.09. The molecule has 1 aliphatic rings. The lowest BCUT2D eigenvalue weighted by atomic mass is 10.2. The number of alkyl halides is 1. The summed E-state index contributed by atoms with van der Waals surface area (Å²) in [5, 5.41) is 2.86. The van der Waals surface area contributed by atoms with E-state index in [4.69, 9.17) is 0 Å². The molecule has 0 saturated heterocycles. The van der Waals surface area contributed by atoms with Crippen LogP contribution in [-0.4, -0.2) is 10.3 Å². The second-order valence-corrected chi connectivity index (χ2v) is 3.70. The normalized spacial score (nSPS) is 15.2. The van der Waals surface area contributed by atoms with E-state index >= 15 is 0 Å². The van der Waals surface area contributed by atoms with Gasteiger partial charge in [0.15, 0.2) is 0 Å². The zero-order valence-electron chi connectivity index (χ0n) is 7.70. The van der Waals surface area contributed by atoms with Crippen molar-refractivity contribution in [2.24, 2.45) is 0 Å². The van der Waals surface area contributed by atoms with Gasteiger partial charge >= 0.3 is 0 Å². The van der Waals surface area contributed by atoms with Crippen molar-refractivity contribution in [2.45, 2.75) is 6.54 Å². The summed E-state index contributed by atoms with van der Waals surface area (Å²) in [5.74, 6) is 0. The van der Waals surface area contributed by atoms with E-state index in [1.807, 2.05) is 23.2 Å². The Hall–Kier alpha value is -1.00. The van der Waals surface area contributed by atoms with Gasteiger partial charge in [0.1, 0.15) is 0 Å². The smallest absolute Gasteiger partial charge is 0.0606 e. The van der Waals surface area contributed by atoms with Crippen molar-refractivity contribution in [1.82, 2.24) is 16.0 Å². The number of nitrogens with one attached hydrogen (secondary N) is 2. The summed E-state index contributed by atoms with van der Waals surface area (Å²) in [6, 6.07) is 10.4. The van der Waals surface area contributed by atoms with Gasteiger partial charge in [-0.2, -0.15) is 0 Å². The maximum atomic E-state index is 3.39. The Balaban J connectivity index is 1.97. The Morgan fingerprint density at radius 1 is 1.21 bits per heavy atom. The molecule has 1 aliphatic heterocycles. The van der Waals surface area contributed by atoms with Gasteiger partial charge in [0.2, 0.25) is 0 Å². The SMILES string of the molecule is BrCC1=CN(Cc2ccccc2)NN1. The zero-order valence-corrected chi connectivity index (χ0v) is 9.29. The molecule has 0 aromatic heterocycles. The first-order chi connectivity index (χ1) is 6.88. The van der Waals surface area contributed by atoms with Crippen LogP contribution in [0.2, 0.25) is 0 Å². The Morgan fingerprint density at radius 3 is 2.64 bits per heavy atom. The van der Waals surface area contributed by atoms with E-state index in [0.29, 0.717) is 0 Å². The third-order valence-corrected chi connectivity index (χ3v) is 2.62. The first-order valence-electron chi connectivity index (χ1n) is 4.47. The molecular weight excluding hydrogens is 242 g/mol. The topological polar surface area (TPSA) is 27.3 Å². The molecule has 0 fully saturated rings. The summed E-state index contributed by atoms with van der Waals surface area (Å²) in [5.41, 5.74) is 8.56. The van der Waals surface area contributed by atoms with Crippen LogP contribution in [0.4, 0.5) is 0 Å². The second-order valence-electron chi connectivity index (χ2n) is 3.14. The number of allylic oxidation sites excluding steroid dienone is 1. The molecule has 0 spiro atoms. The maximum Gasteiger partial charge on any atom is 0.0606 e. The number of benzene rings is 1. The van der Waals surface area contributed by atoms with Crippen molar-refractivity contribution in [2.75, 3.05) is 5.33 Å². The first kappa shape index (κ1) is 9.55. The van der Waals surface area contributed by atoms with Gasteiger partial charge < -0.3 is 5.43 Å². The number of halogens is 1. The Bertz CT molecular complexity index is 323. The molecule has 0 aliphatic carbocycles. The number of hydrogen-bond donors (Lipinski definition) is 2. The molecule has 0 bridgehead atoms. The van der Waals surface area contributed by atoms with Crippen LogP contribution in [-0.2, 0) is 6.54 Å². The Labute approximate surface area is 91.9 Å². The molecule has 3 nitrogen and oxygen atoms in total. The van der Waals surface area contributed by atoms with Gasteiger partial charge in [0, 0.05) is 11.5 Å². The van der Waals surface area contributed by atoms with Crippen LogP contribution in [0, 0.1) is 0 Å². The molecule has 4 heteroatoms.